The van der Waals surface area contributed by atoms with Crippen LogP contribution < -0.4 is 10.5 Å². The molecule has 0 atom stereocenters. The molecule has 0 aliphatic heterocycles. The fraction of sp³-hybridized carbons (Fsp3) is 0. The predicted molar refractivity (Wildman–Crippen MR) is 69.8 cm³/mol. The van der Waals surface area contributed by atoms with Crippen LogP contribution in [0.2, 0.25) is 0 Å². The highest BCUT2D eigenvalue weighted by Gasteiger charge is 2.04. The van der Waals surface area contributed by atoms with E-state index in [-0.39, 0.29) is 0 Å². The van der Waals surface area contributed by atoms with Crippen LogP contribution in [0.15, 0.2) is 46.9 Å². The van der Waals surface area contributed by atoms with Gasteiger partial charge in [0.15, 0.2) is 0 Å². The molecule has 2 rings (SSSR count). The summed E-state index contributed by atoms with van der Waals surface area (Å²) in [5.74, 6) is 1.18. The smallest absolute Gasteiger partial charge is 0.145 e. The molecule has 2 aromatic rings. The largest absolute Gasteiger partial charge is 0.456 e. The summed E-state index contributed by atoms with van der Waals surface area (Å²) in [6.45, 7) is 0. The number of hydrogen-bond acceptors (Lipinski definition) is 3. The first-order chi connectivity index (χ1) is 8.19. The van der Waals surface area contributed by atoms with Crippen LogP contribution in [-0.2, 0) is 0 Å². The van der Waals surface area contributed by atoms with Crippen LogP contribution in [0.25, 0.3) is 0 Å². The first-order valence-electron chi connectivity index (χ1n) is 4.92. The summed E-state index contributed by atoms with van der Waals surface area (Å²) in [6, 6.07) is 14.4. The molecule has 17 heavy (non-hydrogen) atoms. The van der Waals surface area contributed by atoms with E-state index in [1.54, 1.807) is 18.2 Å². The average Bonchev–Trinajstić information content (AvgIpc) is 2.34. The number of nitrogens with zero attached hydrogens (tertiary/aromatic N) is 1. The van der Waals surface area contributed by atoms with Crippen molar-refractivity contribution in [3.05, 3.63) is 52.5 Å². The van der Waals surface area contributed by atoms with E-state index in [2.05, 4.69) is 22.0 Å². The SMILES string of the molecule is N#Cc1cc(N)ccc1Oc1ccc(Br)cc1. The van der Waals surface area contributed by atoms with Crippen LogP contribution in [0.5, 0.6) is 11.5 Å². The van der Waals surface area contributed by atoms with Crippen molar-refractivity contribution in [2.75, 3.05) is 5.73 Å². The number of nitrogen functional groups attached to an aromatic ring is 1. The Hall–Kier alpha value is -1.99. The van der Waals surface area contributed by atoms with Gasteiger partial charge in [-0.25, -0.2) is 0 Å². The van der Waals surface area contributed by atoms with Crippen LogP contribution in [0.4, 0.5) is 5.69 Å². The summed E-state index contributed by atoms with van der Waals surface area (Å²) in [4.78, 5) is 0. The zero-order valence-corrected chi connectivity index (χ0v) is 10.4. The Balaban J connectivity index is 2.30. The molecule has 0 heterocycles. The first kappa shape index (κ1) is 11.5. The number of rotatable bonds is 2. The molecule has 3 nitrogen and oxygen atoms in total. The maximum absolute atomic E-state index is 8.97. The van der Waals surface area contributed by atoms with Gasteiger partial charge >= 0.3 is 0 Å². The molecule has 0 amide bonds. The Labute approximate surface area is 108 Å². The summed E-state index contributed by atoms with van der Waals surface area (Å²) in [6.07, 6.45) is 0. The van der Waals surface area contributed by atoms with Gasteiger partial charge in [-0.1, -0.05) is 15.9 Å². The molecule has 0 aliphatic carbocycles. The van der Waals surface area contributed by atoms with Gasteiger partial charge in [-0.3, -0.25) is 0 Å². The molecular weight excluding hydrogens is 280 g/mol. The monoisotopic (exact) mass is 288 g/mol. The lowest BCUT2D eigenvalue weighted by Crippen LogP contribution is -1.91. The maximum atomic E-state index is 8.97. The molecule has 0 radical (unpaired) electrons. The molecule has 0 bridgehead atoms. The van der Waals surface area contributed by atoms with E-state index in [9.17, 15) is 0 Å². The van der Waals surface area contributed by atoms with E-state index < -0.39 is 0 Å². The van der Waals surface area contributed by atoms with Gasteiger partial charge in [-0.15, -0.1) is 0 Å². The number of ether oxygens (including phenoxy) is 1. The average molecular weight is 289 g/mol. The third kappa shape index (κ3) is 2.77. The van der Waals surface area contributed by atoms with Gasteiger partial charge in [-0.05, 0) is 42.5 Å². The van der Waals surface area contributed by atoms with Gasteiger partial charge in [-0.2, -0.15) is 5.26 Å². The maximum Gasteiger partial charge on any atom is 0.145 e. The summed E-state index contributed by atoms with van der Waals surface area (Å²) in [7, 11) is 0. The Bertz CT molecular complexity index is 573. The number of nitrogens with two attached hydrogens (primary N) is 1. The van der Waals surface area contributed by atoms with Crippen molar-refractivity contribution >= 4 is 21.6 Å². The Kier molecular flexibility index (Phi) is 3.31. The molecule has 0 fully saturated rings. The van der Waals surface area contributed by atoms with Gasteiger partial charge in [0.05, 0.1) is 5.56 Å². The van der Waals surface area contributed by atoms with E-state index in [4.69, 9.17) is 15.7 Å². The standard InChI is InChI=1S/C13H9BrN2O/c14-10-1-4-12(5-2-10)17-13-6-3-11(16)7-9(13)8-15/h1-7H,16H2. The lowest BCUT2D eigenvalue weighted by molar-refractivity contribution is 0.481. The summed E-state index contributed by atoms with van der Waals surface area (Å²) in [5, 5.41) is 8.97. The minimum atomic E-state index is 0.424. The second-order valence-electron chi connectivity index (χ2n) is 3.42. The highest BCUT2D eigenvalue weighted by molar-refractivity contribution is 9.10. The molecule has 84 valence electrons. The highest BCUT2D eigenvalue weighted by Crippen LogP contribution is 2.27. The zero-order valence-electron chi connectivity index (χ0n) is 8.85. The molecule has 0 aliphatic rings. The van der Waals surface area contributed by atoms with Crippen molar-refractivity contribution in [1.82, 2.24) is 0 Å². The van der Waals surface area contributed by atoms with Crippen molar-refractivity contribution < 1.29 is 4.74 Å². The van der Waals surface area contributed by atoms with E-state index in [0.29, 0.717) is 22.7 Å². The topological polar surface area (TPSA) is 59.0 Å². The van der Waals surface area contributed by atoms with Crippen molar-refractivity contribution in [2.45, 2.75) is 0 Å². The van der Waals surface area contributed by atoms with Crippen molar-refractivity contribution in [3.63, 3.8) is 0 Å². The Morgan fingerprint density at radius 1 is 1.12 bits per heavy atom. The van der Waals surface area contributed by atoms with Gasteiger partial charge in [0.2, 0.25) is 0 Å². The number of hydrogen-bond donors (Lipinski definition) is 1. The lowest BCUT2D eigenvalue weighted by Gasteiger charge is -2.07. The van der Waals surface area contributed by atoms with E-state index in [1.807, 2.05) is 24.3 Å². The predicted octanol–water partition coefficient (Wildman–Crippen LogP) is 3.70. The minimum absolute atomic E-state index is 0.424. The van der Waals surface area contributed by atoms with Crippen LogP contribution in [0.1, 0.15) is 5.56 Å². The molecule has 0 saturated heterocycles. The number of nitriles is 1. The lowest BCUT2D eigenvalue weighted by atomic mass is 10.2. The summed E-state index contributed by atoms with van der Waals surface area (Å²) < 4.78 is 6.59. The summed E-state index contributed by atoms with van der Waals surface area (Å²) >= 11 is 3.34. The van der Waals surface area contributed by atoms with Gasteiger partial charge in [0, 0.05) is 10.2 Å². The molecule has 4 heteroatoms. The minimum Gasteiger partial charge on any atom is -0.456 e. The number of halogens is 1. The third-order valence-electron chi connectivity index (χ3n) is 2.17. The quantitative estimate of drug-likeness (QED) is 0.858. The fourth-order valence-electron chi connectivity index (χ4n) is 1.35. The Morgan fingerprint density at radius 2 is 1.82 bits per heavy atom. The molecule has 2 aromatic carbocycles. The second-order valence-corrected chi connectivity index (χ2v) is 4.34. The molecular formula is C13H9BrN2O. The molecule has 2 N–H and O–H groups in total. The van der Waals surface area contributed by atoms with Gasteiger partial charge in [0.25, 0.3) is 0 Å². The number of benzene rings is 2. The summed E-state index contributed by atoms with van der Waals surface area (Å²) in [5.41, 5.74) is 6.57. The molecule has 0 unspecified atom stereocenters. The van der Waals surface area contributed by atoms with E-state index in [1.165, 1.54) is 0 Å². The van der Waals surface area contributed by atoms with Crippen molar-refractivity contribution in [3.8, 4) is 17.6 Å². The highest BCUT2D eigenvalue weighted by atomic mass is 79.9. The fourth-order valence-corrected chi connectivity index (χ4v) is 1.62. The Morgan fingerprint density at radius 3 is 2.47 bits per heavy atom. The van der Waals surface area contributed by atoms with E-state index >= 15 is 0 Å². The first-order valence-corrected chi connectivity index (χ1v) is 5.71. The third-order valence-corrected chi connectivity index (χ3v) is 2.69. The van der Waals surface area contributed by atoms with Crippen LogP contribution in [0.3, 0.4) is 0 Å². The number of anilines is 1. The second kappa shape index (κ2) is 4.89. The van der Waals surface area contributed by atoms with Gasteiger partial charge < -0.3 is 10.5 Å². The zero-order chi connectivity index (χ0) is 12.3. The van der Waals surface area contributed by atoms with Crippen molar-refractivity contribution in [2.24, 2.45) is 0 Å². The molecule has 0 spiro atoms. The molecule has 0 saturated carbocycles. The molecule has 0 aromatic heterocycles. The van der Waals surface area contributed by atoms with Crippen LogP contribution >= 0.6 is 15.9 Å². The van der Waals surface area contributed by atoms with E-state index in [0.717, 1.165) is 4.47 Å². The van der Waals surface area contributed by atoms with Crippen molar-refractivity contribution in [1.29, 1.82) is 5.26 Å². The normalized spacial score (nSPS) is 9.65. The van der Waals surface area contributed by atoms with Crippen LogP contribution in [-0.4, -0.2) is 0 Å². The van der Waals surface area contributed by atoms with Crippen LogP contribution in [0, 0.1) is 11.3 Å². The van der Waals surface area contributed by atoms with Gasteiger partial charge in [0.1, 0.15) is 17.6 Å².